The lowest BCUT2D eigenvalue weighted by molar-refractivity contribution is 0.399. The first-order valence-electron chi connectivity index (χ1n) is 4.58. The summed E-state index contributed by atoms with van der Waals surface area (Å²) in [6, 6.07) is 0. The Morgan fingerprint density at radius 3 is 1.08 bits per heavy atom. The van der Waals surface area contributed by atoms with E-state index < -0.39 is 0 Å². The topological polar surface area (TPSA) is 20.2 Å². The fourth-order valence-electron chi connectivity index (χ4n) is 1.82. The molecule has 0 spiro atoms. The van der Waals surface area contributed by atoms with E-state index in [0.717, 1.165) is 7.11 Å². The Hall–Kier alpha value is -0.300. The van der Waals surface area contributed by atoms with Crippen molar-refractivity contribution in [3.63, 3.8) is 0 Å². The van der Waals surface area contributed by atoms with Crippen molar-refractivity contribution >= 4 is 0 Å². The van der Waals surface area contributed by atoms with Crippen LogP contribution in [0.5, 0.6) is 0 Å². The second kappa shape index (κ2) is 7.35. The third-order valence-electron chi connectivity index (χ3n) is 1.82. The van der Waals surface area contributed by atoms with Crippen LogP contribution in [-0.4, -0.2) is 12.2 Å². The molecule has 0 rings (SSSR count). The van der Waals surface area contributed by atoms with Gasteiger partial charge < -0.3 is 5.11 Å². The second-order valence-electron chi connectivity index (χ2n) is 3.76. The van der Waals surface area contributed by atoms with Crippen molar-refractivity contribution in [1.29, 1.82) is 0 Å². The maximum atomic E-state index is 7.00. The van der Waals surface area contributed by atoms with Crippen LogP contribution in [0.1, 0.15) is 41.5 Å². The van der Waals surface area contributed by atoms with E-state index in [2.05, 4.69) is 41.5 Å². The summed E-state index contributed by atoms with van der Waals surface area (Å²) in [5, 5.41) is 7.00. The molecule has 0 amide bonds. The van der Waals surface area contributed by atoms with Crippen LogP contribution in [0.3, 0.4) is 0 Å². The average molecular weight is 172 g/mol. The van der Waals surface area contributed by atoms with Crippen LogP contribution < -0.4 is 0 Å². The summed E-state index contributed by atoms with van der Waals surface area (Å²) in [5.41, 5.74) is 3.10. The predicted octanol–water partition coefficient (Wildman–Crippen LogP) is 3.24. The summed E-state index contributed by atoms with van der Waals surface area (Å²) in [4.78, 5) is 0. The Morgan fingerprint density at radius 2 is 1.08 bits per heavy atom. The van der Waals surface area contributed by atoms with Crippen molar-refractivity contribution in [2.45, 2.75) is 41.5 Å². The van der Waals surface area contributed by atoms with Crippen LogP contribution >= 0.6 is 0 Å². The van der Waals surface area contributed by atoms with Crippen LogP contribution in [0.2, 0.25) is 0 Å². The molecule has 1 N–H and O–H groups in total. The van der Waals surface area contributed by atoms with E-state index in [1.807, 2.05) is 0 Å². The van der Waals surface area contributed by atoms with E-state index in [-0.39, 0.29) is 0 Å². The lowest BCUT2D eigenvalue weighted by Crippen LogP contribution is -2.03. The van der Waals surface area contributed by atoms with Gasteiger partial charge in [0.1, 0.15) is 0 Å². The highest BCUT2D eigenvalue weighted by Crippen LogP contribution is 2.22. The zero-order chi connectivity index (χ0) is 10.3. The fraction of sp³-hybridized carbons (Fsp3) is 0.818. The molecule has 0 aliphatic heterocycles. The molecular formula is C11H24O. The van der Waals surface area contributed by atoms with Gasteiger partial charge in [-0.1, -0.05) is 38.8 Å². The predicted molar refractivity (Wildman–Crippen MR) is 56.2 cm³/mol. The largest absolute Gasteiger partial charge is 0.400 e. The highest BCUT2D eigenvalue weighted by atomic mass is 16.2. The highest BCUT2D eigenvalue weighted by Gasteiger charge is 2.08. The van der Waals surface area contributed by atoms with Gasteiger partial charge in [0, 0.05) is 7.11 Å². The molecule has 74 valence electrons. The van der Waals surface area contributed by atoms with Crippen LogP contribution in [0.25, 0.3) is 0 Å². The molecule has 1 heteroatoms. The van der Waals surface area contributed by atoms with E-state index in [1.165, 1.54) is 5.57 Å². The van der Waals surface area contributed by atoms with Gasteiger partial charge in [-0.3, -0.25) is 0 Å². The van der Waals surface area contributed by atoms with E-state index in [4.69, 9.17) is 5.11 Å². The lowest BCUT2D eigenvalue weighted by atomic mass is 9.89. The Labute approximate surface area is 77.5 Å². The monoisotopic (exact) mass is 172 g/mol. The molecule has 0 radical (unpaired) electrons. The molecule has 12 heavy (non-hydrogen) atoms. The minimum absolute atomic E-state index is 0.713. The van der Waals surface area contributed by atoms with Gasteiger partial charge in [0.25, 0.3) is 0 Å². The molecule has 0 saturated carbocycles. The van der Waals surface area contributed by atoms with Crippen LogP contribution in [0.4, 0.5) is 0 Å². The van der Waals surface area contributed by atoms with Crippen LogP contribution in [0, 0.1) is 11.8 Å². The number of hydrogen-bond acceptors (Lipinski definition) is 1. The molecule has 0 fully saturated rings. The van der Waals surface area contributed by atoms with Gasteiger partial charge >= 0.3 is 0 Å². The molecule has 0 unspecified atom stereocenters. The van der Waals surface area contributed by atoms with Gasteiger partial charge in [-0.2, -0.15) is 0 Å². The molecule has 0 aliphatic carbocycles. The number of aliphatic hydroxyl groups is 1. The first kappa shape index (κ1) is 14.2. The molecule has 0 bridgehead atoms. The second-order valence-corrected chi connectivity index (χ2v) is 3.76. The molecule has 0 aliphatic rings. The van der Waals surface area contributed by atoms with Crippen molar-refractivity contribution in [2.24, 2.45) is 11.8 Å². The molecule has 0 atom stereocenters. The summed E-state index contributed by atoms with van der Waals surface area (Å²) in [6.45, 7) is 13.5. The molecule has 0 heterocycles. The quantitative estimate of drug-likeness (QED) is 0.634. The van der Waals surface area contributed by atoms with Gasteiger partial charge in [0.15, 0.2) is 0 Å². The summed E-state index contributed by atoms with van der Waals surface area (Å²) in [6.07, 6.45) is 0. The zero-order valence-corrected chi connectivity index (χ0v) is 9.60. The summed E-state index contributed by atoms with van der Waals surface area (Å²) in [7, 11) is 1.00. The van der Waals surface area contributed by atoms with Crippen molar-refractivity contribution in [1.82, 2.24) is 0 Å². The van der Waals surface area contributed by atoms with Crippen molar-refractivity contribution in [3.05, 3.63) is 11.1 Å². The fourth-order valence-corrected chi connectivity index (χ4v) is 1.82. The summed E-state index contributed by atoms with van der Waals surface area (Å²) >= 11 is 0. The average Bonchev–Trinajstić information content (AvgIpc) is 1.88. The maximum Gasteiger partial charge on any atom is 0.0319 e. The van der Waals surface area contributed by atoms with Gasteiger partial charge in [0.2, 0.25) is 0 Å². The van der Waals surface area contributed by atoms with E-state index in [9.17, 15) is 0 Å². The highest BCUT2D eigenvalue weighted by molar-refractivity contribution is 5.13. The summed E-state index contributed by atoms with van der Waals surface area (Å²) < 4.78 is 0. The number of hydrogen-bond donors (Lipinski definition) is 1. The van der Waals surface area contributed by atoms with Crippen LogP contribution in [-0.2, 0) is 0 Å². The minimum Gasteiger partial charge on any atom is -0.400 e. The number of aliphatic hydroxyl groups excluding tert-OH is 1. The Morgan fingerprint density at radius 1 is 0.833 bits per heavy atom. The van der Waals surface area contributed by atoms with Gasteiger partial charge in [-0.25, -0.2) is 0 Å². The van der Waals surface area contributed by atoms with E-state index in [1.54, 1.807) is 5.57 Å². The Bertz CT molecular complexity index is 118. The standard InChI is InChI=1S/C10H20.CH4O/c1-7(2)10(8(3)4)9(5)6;1-2/h7-8H,1-6H3;2H,1H3. The molecule has 0 aromatic rings. The summed E-state index contributed by atoms with van der Waals surface area (Å²) in [5.74, 6) is 1.43. The zero-order valence-electron chi connectivity index (χ0n) is 9.60. The number of rotatable bonds is 2. The molecular weight excluding hydrogens is 148 g/mol. The van der Waals surface area contributed by atoms with Crippen molar-refractivity contribution < 1.29 is 5.11 Å². The maximum absolute atomic E-state index is 7.00. The molecule has 1 nitrogen and oxygen atoms in total. The Balaban J connectivity index is 0. The van der Waals surface area contributed by atoms with Crippen molar-refractivity contribution in [3.8, 4) is 0 Å². The minimum atomic E-state index is 0.713. The number of allylic oxidation sites excluding steroid dienone is 2. The molecule has 0 aromatic carbocycles. The van der Waals surface area contributed by atoms with Gasteiger partial charge in [-0.05, 0) is 25.7 Å². The van der Waals surface area contributed by atoms with E-state index >= 15 is 0 Å². The van der Waals surface area contributed by atoms with E-state index in [0.29, 0.717) is 11.8 Å². The van der Waals surface area contributed by atoms with Crippen LogP contribution in [0.15, 0.2) is 11.1 Å². The van der Waals surface area contributed by atoms with Crippen molar-refractivity contribution in [2.75, 3.05) is 7.11 Å². The smallest absolute Gasteiger partial charge is 0.0319 e. The molecule has 0 aromatic heterocycles. The third-order valence-corrected chi connectivity index (χ3v) is 1.82. The third kappa shape index (κ3) is 5.36. The Kier molecular flexibility index (Phi) is 8.73. The van der Waals surface area contributed by atoms with Gasteiger partial charge in [0.05, 0.1) is 0 Å². The normalized spacial score (nSPS) is 9.50. The molecule has 0 saturated heterocycles. The first-order chi connectivity index (χ1) is 5.46. The first-order valence-corrected chi connectivity index (χ1v) is 4.58. The van der Waals surface area contributed by atoms with Gasteiger partial charge in [-0.15, -0.1) is 0 Å². The SMILES string of the molecule is CC(C)=C(C(C)C)C(C)C.CO. The lowest BCUT2D eigenvalue weighted by Gasteiger charge is -2.17.